The fourth-order valence-electron chi connectivity index (χ4n) is 15.3. The van der Waals surface area contributed by atoms with Crippen molar-refractivity contribution in [2.24, 2.45) is 0 Å². The van der Waals surface area contributed by atoms with Gasteiger partial charge in [0.05, 0.1) is 34.2 Å². The van der Waals surface area contributed by atoms with Crippen molar-refractivity contribution < 1.29 is 13.3 Å². The molecule has 12 heteroatoms. The van der Waals surface area contributed by atoms with Crippen LogP contribution >= 0.6 is 0 Å². The highest BCUT2D eigenvalue weighted by atomic mass is 16.4. The highest BCUT2D eigenvalue weighted by Crippen LogP contribution is 2.39. The first-order chi connectivity index (χ1) is 60.7. The van der Waals surface area contributed by atoms with Gasteiger partial charge < -0.3 is 13.3 Å². The van der Waals surface area contributed by atoms with Crippen LogP contribution in [0.15, 0.2) is 414 Å². The maximum Gasteiger partial charge on any atom is 0.195 e. The summed E-state index contributed by atoms with van der Waals surface area (Å²) in [5.74, 6) is 4.31. The minimum absolute atomic E-state index is 0.679. The maximum absolute atomic E-state index is 5.85. The number of benzene rings is 15. The van der Waals surface area contributed by atoms with Gasteiger partial charge in [-0.15, -0.1) is 0 Å². The quantitative estimate of drug-likeness (QED) is 0.0803. The number of hydrogen-bond acceptors (Lipinski definition) is 12. The van der Waals surface area contributed by atoms with Crippen molar-refractivity contribution in [3.05, 3.63) is 418 Å². The largest absolute Gasteiger partial charge is 0.441 e. The fourth-order valence-corrected chi connectivity index (χ4v) is 15.3. The third kappa shape index (κ3) is 17.2. The summed E-state index contributed by atoms with van der Waals surface area (Å²) in [7, 11) is 0. The molecule has 0 fully saturated rings. The number of aromatic nitrogens is 9. The standard InChI is InChI=1S/3C37H27N3O/c1-2-36-38-34-23-29(21-22-35(34)41-36)30-15-9-10-16-31(30)37-39-32(27-13-7-4-8-14-27)24-33(40-37)28-19-17-26(18-20-28)25-11-5-3-6-12-25;1-2-36-38-34-23-30(20-21-35(34)41-36)29-14-9-15-31(22-29)37-39-32(27-12-7-4-8-13-27)24-33(40-37)28-18-16-26(17-19-28)25-10-5-3-6-11-25;1-2-36-38-34-23-31(21-22-35(34)41-36)27-15-19-30(20-16-27)37-39-32(28-11-7-4-8-12-28)24-33(40-37)29-17-13-26(14-18-29)25-9-5-3-6-10-25/h3*3-24H,2H2,1H3. The summed E-state index contributed by atoms with van der Waals surface area (Å²) >= 11 is 0. The molecule has 12 nitrogen and oxygen atoms in total. The van der Waals surface area contributed by atoms with E-state index < -0.39 is 0 Å². The van der Waals surface area contributed by atoms with Crippen LogP contribution in [0.5, 0.6) is 0 Å². The second-order valence-electron chi connectivity index (χ2n) is 29.9. The van der Waals surface area contributed by atoms with Gasteiger partial charge in [-0.2, -0.15) is 0 Å². The van der Waals surface area contributed by atoms with Crippen LogP contribution in [0.4, 0.5) is 0 Å². The summed E-state index contributed by atoms with van der Waals surface area (Å²) in [4.78, 5) is 44.2. The second-order valence-corrected chi connectivity index (χ2v) is 29.9. The lowest BCUT2D eigenvalue weighted by Gasteiger charge is -2.13. The Kier molecular flexibility index (Phi) is 22.0. The molecule has 21 rings (SSSR count). The molecular weight excluding hydrogens is 1510 g/mol. The second kappa shape index (κ2) is 35.3. The van der Waals surface area contributed by atoms with Gasteiger partial charge in [0, 0.05) is 69.3 Å². The van der Waals surface area contributed by atoms with Crippen molar-refractivity contribution >= 4 is 33.3 Å². The average molecular weight is 1590 g/mol. The van der Waals surface area contributed by atoms with Crippen molar-refractivity contribution in [3.63, 3.8) is 0 Å². The molecule has 0 aliphatic carbocycles. The number of nitrogens with zero attached hydrogens (tertiary/aromatic N) is 9. The van der Waals surface area contributed by atoms with E-state index in [1.165, 1.54) is 33.4 Å². The molecule has 588 valence electrons. The van der Waals surface area contributed by atoms with Crippen LogP contribution in [0.3, 0.4) is 0 Å². The first-order valence-electron chi connectivity index (χ1n) is 41.5. The van der Waals surface area contributed by atoms with Crippen LogP contribution in [0, 0.1) is 0 Å². The number of oxazole rings is 3. The molecule has 0 saturated heterocycles. The molecule has 0 N–H and O–H groups in total. The zero-order valence-corrected chi connectivity index (χ0v) is 68.0. The summed E-state index contributed by atoms with van der Waals surface area (Å²) in [6.07, 6.45) is 2.31. The Bertz CT molecular complexity index is 7250. The highest BCUT2D eigenvalue weighted by molar-refractivity contribution is 5.89. The SMILES string of the molecule is CCc1nc2cc(-c3ccc(-c4nc(-c5ccccc5)cc(-c5ccc(-c6ccccc6)cc5)n4)cc3)ccc2o1.CCc1nc2cc(-c3cccc(-c4nc(-c5ccccc5)cc(-c5ccc(-c6ccccc6)cc5)n4)c3)ccc2o1.CCc1nc2cc(-c3ccccc3-c3nc(-c4ccccc4)cc(-c4ccc(-c5ccccc5)cc4)n3)ccc2o1. The number of hydrogen-bond donors (Lipinski definition) is 0. The molecule has 6 heterocycles. The van der Waals surface area contributed by atoms with Crippen molar-refractivity contribution in [1.29, 1.82) is 0 Å². The number of fused-ring (bicyclic) bond motifs is 3. The molecular formula is C111H81N9O3. The van der Waals surface area contributed by atoms with E-state index >= 15 is 0 Å². The molecule has 0 atom stereocenters. The van der Waals surface area contributed by atoms with Gasteiger partial charge in [0.1, 0.15) is 16.6 Å². The molecule has 0 bridgehead atoms. The Morgan fingerprint density at radius 1 is 0.163 bits per heavy atom. The summed E-state index contributed by atoms with van der Waals surface area (Å²) in [5, 5.41) is 0. The van der Waals surface area contributed by atoms with Crippen LogP contribution in [0.1, 0.15) is 38.4 Å². The van der Waals surface area contributed by atoms with Crippen molar-refractivity contribution in [2.75, 3.05) is 0 Å². The summed E-state index contributed by atoms with van der Waals surface area (Å²) in [6.45, 7) is 6.14. The molecule has 0 spiro atoms. The molecule has 15 aromatic carbocycles. The Labute approximate surface area is 713 Å². The zero-order chi connectivity index (χ0) is 82.8. The molecule has 21 aromatic rings. The molecule has 0 amide bonds. The lowest BCUT2D eigenvalue weighted by atomic mass is 9.98. The van der Waals surface area contributed by atoms with E-state index in [1.54, 1.807) is 0 Å². The molecule has 0 unspecified atom stereocenters. The number of aryl methyl sites for hydroxylation is 3. The Balaban J connectivity index is 0.000000121. The molecule has 123 heavy (non-hydrogen) atoms. The van der Waals surface area contributed by atoms with E-state index in [-0.39, 0.29) is 0 Å². The van der Waals surface area contributed by atoms with Crippen LogP contribution in [-0.4, -0.2) is 44.9 Å². The van der Waals surface area contributed by atoms with Gasteiger partial charge in [-0.25, -0.2) is 44.9 Å². The smallest absolute Gasteiger partial charge is 0.195 e. The summed E-state index contributed by atoms with van der Waals surface area (Å²) in [5.41, 5.74) is 33.1. The summed E-state index contributed by atoms with van der Waals surface area (Å²) < 4.78 is 17.4. The van der Waals surface area contributed by atoms with E-state index in [9.17, 15) is 0 Å². The fraction of sp³-hybridized carbons (Fsp3) is 0.0541. The van der Waals surface area contributed by atoms with Crippen LogP contribution < -0.4 is 0 Å². The predicted molar refractivity (Wildman–Crippen MR) is 498 cm³/mol. The van der Waals surface area contributed by atoms with Crippen LogP contribution in [-0.2, 0) is 19.3 Å². The highest BCUT2D eigenvalue weighted by Gasteiger charge is 2.20. The van der Waals surface area contributed by atoms with Crippen molar-refractivity contribution in [1.82, 2.24) is 44.9 Å². The minimum atomic E-state index is 0.679. The van der Waals surface area contributed by atoms with Gasteiger partial charge in [-0.1, -0.05) is 360 Å². The van der Waals surface area contributed by atoms with Gasteiger partial charge >= 0.3 is 0 Å². The average Bonchev–Trinajstić information content (AvgIpc) is 1.39. The molecule has 0 saturated carbocycles. The van der Waals surface area contributed by atoms with E-state index in [2.05, 4.69) is 312 Å². The molecule has 6 aromatic heterocycles. The van der Waals surface area contributed by atoms with Gasteiger partial charge in [-0.05, 0) is 127 Å². The molecule has 0 radical (unpaired) electrons. The Morgan fingerprint density at radius 3 is 0.748 bits per heavy atom. The van der Waals surface area contributed by atoms with E-state index in [0.717, 1.165) is 188 Å². The van der Waals surface area contributed by atoms with E-state index in [1.807, 2.05) is 124 Å². The first-order valence-corrected chi connectivity index (χ1v) is 41.5. The normalized spacial score (nSPS) is 11.1. The van der Waals surface area contributed by atoms with Gasteiger partial charge in [-0.3, -0.25) is 0 Å². The molecule has 0 aliphatic rings. The monoisotopic (exact) mass is 1590 g/mol. The number of rotatable bonds is 18. The van der Waals surface area contributed by atoms with E-state index in [0.29, 0.717) is 17.5 Å². The lowest BCUT2D eigenvalue weighted by molar-refractivity contribution is 0.537. The Hall–Kier alpha value is -16.1. The molecule has 0 aliphatic heterocycles. The van der Waals surface area contributed by atoms with Gasteiger partial charge in [0.2, 0.25) is 0 Å². The minimum Gasteiger partial charge on any atom is -0.441 e. The summed E-state index contributed by atoms with van der Waals surface area (Å²) in [6, 6.07) is 138. The Morgan fingerprint density at radius 2 is 0.390 bits per heavy atom. The first kappa shape index (κ1) is 76.9. The van der Waals surface area contributed by atoms with Gasteiger partial charge in [0.15, 0.2) is 51.9 Å². The van der Waals surface area contributed by atoms with Crippen LogP contribution in [0.2, 0.25) is 0 Å². The van der Waals surface area contributed by atoms with Crippen LogP contribution in [0.25, 0.3) is 202 Å². The maximum atomic E-state index is 5.85. The third-order valence-electron chi connectivity index (χ3n) is 21.9. The zero-order valence-electron chi connectivity index (χ0n) is 68.0. The third-order valence-corrected chi connectivity index (χ3v) is 21.9. The van der Waals surface area contributed by atoms with Gasteiger partial charge in [0.25, 0.3) is 0 Å². The van der Waals surface area contributed by atoms with E-state index in [4.69, 9.17) is 43.2 Å². The predicted octanol–water partition coefficient (Wildman–Crippen LogP) is 28.5. The van der Waals surface area contributed by atoms with Crippen molar-refractivity contribution in [3.8, 4) is 168 Å². The topological polar surface area (TPSA) is 155 Å². The lowest BCUT2D eigenvalue weighted by Crippen LogP contribution is -1.97. The van der Waals surface area contributed by atoms with Crippen molar-refractivity contribution in [2.45, 2.75) is 40.0 Å².